The predicted octanol–water partition coefficient (Wildman–Crippen LogP) is 2.18. The van der Waals surface area contributed by atoms with Crippen LogP contribution in [0.2, 0.25) is 0 Å². The van der Waals surface area contributed by atoms with Crippen LogP contribution in [0.15, 0.2) is 16.0 Å². The lowest BCUT2D eigenvalue weighted by Gasteiger charge is -2.36. The molecule has 0 aromatic carbocycles. The molecule has 0 radical (unpaired) electrons. The summed E-state index contributed by atoms with van der Waals surface area (Å²) in [7, 11) is 0. The predicted molar refractivity (Wildman–Crippen MR) is 79.8 cm³/mol. The summed E-state index contributed by atoms with van der Waals surface area (Å²) in [5.41, 5.74) is -0.608. The number of rotatable bonds is 4. The molecule has 2 atom stereocenters. The lowest BCUT2D eigenvalue weighted by atomic mass is 10.00. The fourth-order valence-electron chi connectivity index (χ4n) is 2.62. The molecular formula is C14H20FN3O2S. The van der Waals surface area contributed by atoms with Crippen LogP contribution in [0.4, 0.5) is 4.39 Å². The van der Waals surface area contributed by atoms with E-state index in [0.717, 1.165) is 50.2 Å². The van der Waals surface area contributed by atoms with Crippen LogP contribution in [0.3, 0.4) is 0 Å². The van der Waals surface area contributed by atoms with E-state index in [1.54, 1.807) is 6.92 Å². The molecule has 0 saturated carbocycles. The van der Waals surface area contributed by atoms with Gasteiger partial charge in [0.15, 0.2) is 5.82 Å². The van der Waals surface area contributed by atoms with Gasteiger partial charge in [0.2, 0.25) is 5.91 Å². The van der Waals surface area contributed by atoms with E-state index in [1.165, 1.54) is 0 Å². The maximum Gasteiger partial charge on any atom is 0.345 e. The molecule has 5 nitrogen and oxygen atoms in total. The quantitative estimate of drug-likeness (QED) is 0.683. The first kappa shape index (κ1) is 16.0. The number of halogens is 1. The maximum atomic E-state index is 13.6. The molecule has 1 aliphatic rings. The lowest BCUT2D eigenvalue weighted by Crippen LogP contribution is -2.46. The molecular weight excluding hydrogens is 293 g/mol. The topological polar surface area (TPSA) is 66.1 Å². The Hall–Kier alpha value is -1.37. The third-order valence-corrected chi connectivity index (χ3v) is 4.84. The number of H-pyrrole nitrogens is 1. The average Bonchev–Trinajstić information content (AvgIpc) is 2.50. The number of thioether (sulfide) groups is 1. The van der Waals surface area contributed by atoms with Crippen molar-refractivity contribution < 1.29 is 9.18 Å². The summed E-state index contributed by atoms with van der Waals surface area (Å²) in [6, 6.07) is 0.274. The number of aromatic amines is 1. The number of aromatic nitrogens is 2. The highest BCUT2D eigenvalue weighted by Gasteiger charge is 2.29. The minimum absolute atomic E-state index is 0.00334. The molecule has 1 aromatic rings. The van der Waals surface area contributed by atoms with Gasteiger partial charge in [-0.25, -0.2) is 9.18 Å². The van der Waals surface area contributed by atoms with Crippen LogP contribution < -0.4 is 5.69 Å². The van der Waals surface area contributed by atoms with Crippen LogP contribution >= 0.6 is 11.8 Å². The molecule has 2 heterocycles. The van der Waals surface area contributed by atoms with Crippen LogP contribution in [0.1, 0.15) is 39.5 Å². The van der Waals surface area contributed by atoms with Crippen LogP contribution in [0.25, 0.3) is 0 Å². The Kier molecular flexibility index (Phi) is 5.39. The van der Waals surface area contributed by atoms with Crippen molar-refractivity contribution in [3.63, 3.8) is 0 Å². The summed E-state index contributed by atoms with van der Waals surface area (Å²) in [6.07, 6.45) is 5.01. The second-order valence-electron chi connectivity index (χ2n) is 5.21. The number of likely N-dealkylation sites (tertiary alicyclic amines) is 1. The Labute approximate surface area is 127 Å². The molecule has 1 fully saturated rings. The molecule has 1 aromatic heterocycles. The van der Waals surface area contributed by atoms with Gasteiger partial charge in [0, 0.05) is 12.6 Å². The summed E-state index contributed by atoms with van der Waals surface area (Å²) in [6.45, 7) is 4.58. The summed E-state index contributed by atoms with van der Waals surface area (Å²) in [5, 5.41) is -0.370. The van der Waals surface area contributed by atoms with Crippen molar-refractivity contribution in [2.24, 2.45) is 0 Å². The largest absolute Gasteiger partial charge is 0.345 e. The number of hydrogen-bond donors (Lipinski definition) is 1. The number of nitrogens with zero attached hydrogens (tertiary/aromatic N) is 2. The zero-order valence-corrected chi connectivity index (χ0v) is 13.1. The highest BCUT2D eigenvalue weighted by atomic mass is 32.2. The molecule has 1 saturated heterocycles. The summed E-state index contributed by atoms with van der Waals surface area (Å²) in [4.78, 5) is 31.2. The van der Waals surface area contributed by atoms with Gasteiger partial charge >= 0.3 is 5.69 Å². The van der Waals surface area contributed by atoms with Crippen molar-refractivity contribution in [3.05, 3.63) is 22.5 Å². The number of carbonyl (C=O) groups is 1. The van der Waals surface area contributed by atoms with Crippen molar-refractivity contribution in [1.29, 1.82) is 0 Å². The minimum atomic E-state index is -0.608. The monoisotopic (exact) mass is 313 g/mol. The molecule has 1 N–H and O–H groups in total. The van der Waals surface area contributed by atoms with E-state index in [2.05, 4.69) is 16.9 Å². The van der Waals surface area contributed by atoms with Crippen molar-refractivity contribution in [1.82, 2.24) is 14.9 Å². The van der Waals surface area contributed by atoms with Crippen LogP contribution in [-0.4, -0.2) is 38.6 Å². The fourth-order valence-corrected chi connectivity index (χ4v) is 3.53. The van der Waals surface area contributed by atoms with Gasteiger partial charge in [-0.15, -0.1) is 0 Å². The summed E-state index contributed by atoms with van der Waals surface area (Å²) < 4.78 is 13.6. The third-order valence-electron chi connectivity index (χ3n) is 3.76. The second kappa shape index (κ2) is 7.06. The van der Waals surface area contributed by atoms with Crippen molar-refractivity contribution in [2.75, 3.05) is 6.54 Å². The van der Waals surface area contributed by atoms with Crippen molar-refractivity contribution in [3.8, 4) is 0 Å². The Morgan fingerprint density at radius 1 is 1.62 bits per heavy atom. The number of amides is 1. The Balaban J connectivity index is 2.08. The molecule has 0 aliphatic carbocycles. The molecule has 1 aliphatic heterocycles. The van der Waals surface area contributed by atoms with Gasteiger partial charge in [-0.1, -0.05) is 18.7 Å². The van der Waals surface area contributed by atoms with E-state index >= 15 is 0 Å². The van der Waals surface area contributed by atoms with E-state index in [-0.39, 0.29) is 17.0 Å². The SMILES string of the molecule is CCC1CCCCN1C(=O)C(C)Sc1[nH]c(=O)ncc1F. The van der Waals surface area contributed by atoms with E-state index < -0.39 is 16.8 Å². The highest BCUT2D eigenvalue weighted by Crippen LogP contribution is 2.27. The summed E-state index contributed by atoms with van der Waals surface area (Å²) >= 11 is 1.04. The zero-order valence-electron chi connectivity index (χ0n) is 12.3. The second-order valence-corrected chi connectivity index (χ2v) is 6.57. The van der Waals surface area contributed by atoms with Crippen molar-refractivity contribution >= 4 is 17.7 Å². The van der Waals surface area contributed by atoms with Crippen molar-refractivity contribution in [2.45, 2.75) is 55.8 Å². The molecule has 0 bridgehead atoms. The van der Waals surface area contributed by atoms with E-state index in [9.17, 15) is 14.0 Å². The van der Waals surface area contributed by atoms with Gasteiger partial charge in [0.05, 0.1) is 11.4 Å². The molecule has 2 unspecified atom stereocenters. The number of carbonyl (C=O) groups excluding carboxylic acids is 1. The molecule has 2 rings (SSSR count). The zero-order chi connectivity index (χ0) is 15.4. The van der Waals surface area contributed by atoms with Gasteiger partial charge in [-0.2, -0.15) is 4.98 Å². The minimum Gasteiger partial charge on any atom is -0.339 e. The van der Waals surface area contributed by atoms with Gasteiger partial charge in [0.1, 0.15) is 5.03 Å². The fraction of sp³-hybridized carbons (Fsp3) is 0.643. The van der Waals surface area contributed by atoms with Crippen LogP contribution in [0.5, 0.6) is 0 Å². The van der Waals surface area contributed by atoms with Gasteiger partial charge in [-0.05, 0) is 32.6 Å². The Bertz CT molecular complexity index is 563. The Morgan fingerprint density at radius 2 is 2.38 bits per heavy atom. The van der Waals surface area contributed by atoms with Gasteiger partial charge in [-0.3, -0.25) is 9.78 Å². The van der Waals surface area contributed by atoms with Crippen LogP contribution in [-0.2, 0) is 4.79 Å². The maximum absolute atomic E-state index is 13.6. The van der Waals surface area contributed by atoms with Crippen LogP contribution in [0, 0.1) is 5.82 Å². The highest BCUT2D eigenvalue weighted by molar-refractivity contribution is 8.00. The smallest absolute Gasteiger partial charge is 0.339 e. The molecule has 7 heteroatoms. The van der Waals surface area contributed by atoms with Gasteiger partial charge < -0.3 is 4.90 Å². The normalized spacial score (nSPS) is 20.3. The first-order chi connectivity index (χ1) is 10.0. The molecule has 1 amide bonds. The van der Waals surface area contributed by atoms with E-state index in [1.807, 2.05) is 4.90 Å². The van der Waals surface area contributed by atoms with E-state index in [4.69, 9.17) is 0 Å². The number of piperidine rings is 1. The van der Waals surface area contributed by atoms with E-state index in [0.29, 0.717) is 0 Å². The Morgan fingerprint density at radius 3 is 3.10 bits per heavy atom. The lowest BCUT2D eigenvalue weighted by molar-refractivity contribution is -0.134. The van der Waals surface area contributed by atoms with Gasteiger partial charge in [0.25, 0.3) is 0 Å². The standard InChI is InChI=1S/C14H20FN3O2S/c1-3-10-6-4-5-7-18(10)13(19)9(2)21-12-11(15)8-16-14(20)17-12/h8-10H,3-7H2,1-2H3,(H,16,17,20). The number of hydrogen-bond acceptors (Lipinski definition) is 4. The molecule has 116 valence electrons. The average molecular weight is 313 g/mol. The third kappa shape index (κ3) is 3.84. The molecule has 21 heavy (non-hydrogen) atoms. The first-order valence-corrected chi connectivity index (χ1v) is 8.12. The number of nitrogens with one attached hydrogen (secondary N) is 1. The summed E-state index contributed by atoms with van der Waals surface area (Å²) in [5.74, 6) is -0.603. The first-order valence-electron chi connectivity index (χ1n) is 7.25. The molecule has 0 spiro atoms.